The molecular formula is C22H26N6O3. The fraction of sp³-hybridized carbons (Fsp3) is 0.409. The molecule has 162 valence electrons. The Kier molecular flexibility index (Phi) is 6.40. The molecule has 0 saturated carbocycles. The van der Waals surface area contributed by atoms with Gasteiger partial charge in [0, 0.05) is 31.0 Å². The van der Waals surface area contributed by atoms with E-state index in [0.717, 1.165) is 30.5 Å². The first-order valence-corrected chi connectivity index (χ1v) is 10.3. The molecule has 4 rings (SSSR count). The van der Waals surface area contributed by atoms with Gasteiger partial charge in [0.2, 0.25) is 11.7 Å². The number of hydrogen-bond acceptors (Lipinski definition) is 7. The average molecular weight is 422 g/mol. The zero-order valence-electron chi connectivity index (χ0n) is 17.8. The fourth-order valence-corrected chi connectivity index (χ4v) is 3.88. The molecule has 3 heterocycles. The molecule has 1 aromatic carbocycles. The minimum absolute atomic E-state index is 0.111. The predicted octanol–water partition coefficient (Wildman–Crippen LogP) is 2.23. The zero-order valence-corrected chi connectivity index (χ0v) is 17.8. The first-order chi connectivity index (χ1) is 15.2. The second-order valence-corrected chi connectivity index (χ2v) is 7.62. The number of likely N-dealkylation sites (tertiary alicyclic amines) is 1. The smallest absolute Gasteiger partial charge is 0.227 e. The van der Waals surface area contributed by atoms with Crippen LogP contribution < -0.4 is 9.47 Å². The van der Waals surface area contributed by atoms with Crippen LogP contribution in [-0.4, -0.2) is 63.3 Å². The maximum absolute atomic E-state index is 12.9. The van der Waals surface area contributed by atoms with Gasteiger partial charge in [0.05, 0.1) is 27.2 Å². The van der Waals surface area contributed by atoms with Gasteiger partial charge < -0.3 is 14.4 Å². The van der Waals surface area contributed by atoms with Gasteiger partial charge in [0.1, 0.15) is 0 Å². The molecule has 31 heavy (non-hydrogen) atoms. The van der Waals surface area contributed by atoms with E-state index in [1.54, 1.807) is 31.4 Å². The van der Waals surface area contributed by atoms with Crippen LogP contribution >= 0.6 is 0 Å². The van der Waals surface area contributed by atoms with Crippen LogP contribution in [-0.2, 0) is 17.8 Å². The highest BCUT2D eigenvalue weighted by Gasteiger charge is 2.25. The third kappa shape index (κ3) is 4.99. The van der Waals surface area contributed by atoms with E-state index in [1.807, 2.05) is 35.2 Å². The van der Waals surface area contributed by atoms with Gasteiger partial charge in [0.25, 0.3) is 0 Å². The molecule has 0 unspecified atom stereocenters. The van der Waals surface area contributed by atoms with E-state index in [4.69, 9.17) is 9.47 Å². The molecule has 0 radical (unpaired) electrons. The van der Waals surface area contributed by atoms with Crippen LogP contribution in [0, 0.1) is 5.92 Å². The number of tetrazole rings is 1. The molecule has 9 heteroatoms. The summed E-state index contributed by atoms with van der Waals surface area (Å²) < 4.78 is 10.6. The van der Waals surface area contributed by atoms with Gasteiger partial charge in [-0.25, -0.2) is 0 Å². The van der Waals surface area contributed by atoms with E-state index >= 15 is 0 Å². The van der Waals surface area contributed by atoms with E-state index in [1.165, 1.54) is 0 Å². The van der Waals surface area contributed by atoms with Crippen LogP contribution in [0.25, 0.3) is 11.4 Å². The highest BCUT2D eigenvalue weighted by atomic mass is 16.5. The molecular weight excluding hydrogens is 396 g/mol. The lowest BCUT2D eigenvalue weighted by molar-refractivity contribution is -0.132. The number of hydrogen-bond donors (Lipinski definition) is 0. The average Bonchev–Trinajstić information content (AvgIpc) is 3.28. The van der Waals surface area contributed by atoms with Crippen molar-refractivity contribution in [1.29, 1.82) is 0 Å². The number of amides is 1. The number of aromatic nitrogens is 5. The van der Waals surface area contributed by atoms with Crippen molar-refractivity contribution in [1.82, 2.24) is 30.1 Å². The number of benzene rings is 1. The maximum atomic E-state index is 12.9. The summed E-state index contributed by atoms with van der Waals surface area (Å²) in [5, 5.41) is 12.8. The summed E-state index contributed by atoms with van der Waals surface area (Å²) in [4.78, 5) is 20.6. The summed E-state index contributed by atoms with van der Waals surface area (Å²) >= 11 is 0. The Labute approximate surface area is 181 Å². The standard InChI is InChI=1S/C22H26N6O3/c1-30-19-8-7-16(11-20(19)31-2)12-21(29)27-10-4-5-17(14-27)15-28-25-22(24-26-28)18-6-3-9-23-13-18/h3,6-9,11,13,17H,4-5,10,12,14-15H2,1-2H3/t17-/m0/s1. The van der Waals surface area contributed by atoms with Crippen molar-refractivity contribution in [2.24, 2.45) is 5.92 Å². The molecule has 1 amide bonds. The Morgan fingerprint density at radius 2 is 2.06 bits per heavy atom. The number of carbonyl (C=O) groups is 1. The van der Waals surface area contributed by atoms with Crippen LogP contribution in [0.2, 0.25) is 0 Å². The van der Waals surface area contributed by atoms with Crippen molar-refractivity contribution in [2.45, 2.75) is 25.8 Å². The quantitative estimate of drug-likeness (QED) is 0.576. The van der Waals surface area contributed by atoms with Crippen molar-refractivity contribution in [3.8, 4) is 22.9 Å². The van der Waals surface area contributed by atoms with E-state index in [0.29, 0.717) is 42.8 Å². The van der Waals surface area contributed by atoms with Crippen molar-refractivity contribution in [3.05, 3.63) is 48.3 Å². The topological polar surface area (TPSA) is 95.3 Å². The van der Waals surface area contributed by atoms with Crippen LogP contribution in [0.1, 0.15) is 18.4 Å². The molecule has 1 saturated heterocycles. The minimum Gasteiger partial charge on any atom is -0.493 e. The number of piperidine rings is 1. The minimum atomic E-state index is 0.111. The fourth-order valence-electron chi connectivity index (χ4n) is 3.88. The number of ether oxygens (including phenoxy) is 2. The summed E-state index contributed by atoms with van der Waals surface area (Å²) in [5.74, 6) is 2.25. The van der Waals surface area contributed by atoms with E-state index in [9.17, 15) is 4.79 Å². The first-order valence-electron chi connectivity index (χ1n) is 10.3. The van der Waals surface area contributed by atoms with E-state index < -0.39 is 0 Å². The highest BCUT2D eigenvalue weighted by Crippen LogP contribution is 2.28. The van der Waals surface area contributed by atoms with E-state index in [-0.39, 0.29) is 5.91 Å². The van der Waals surface area contributed by atoms with Gasteiger partial charge in [-0.1, -0.05) is 6.07 Å². The lowest BCUT2D eigenvalue weighted by atomic mass is 9.97. The monoisotopic (exact) mass is 422 g/mol. The van der Waals surface area contributed by atoms with Gasteiger partial charge in [-0.05, 0) is 53.8 Å². The third-order valence-electron chi connectivity index (χ3n) is 5.47. The largest absolute Gasteiger partial charge is 0.493 e. The van der Waals surface area contributed by atoms with Gasteiger partial charge in [-0.15, -0.1) is 10.2 Å². The van der Waals surface area contributed by atoms with Crippen molar-refractivity contribution in [3.63, 3.8) is 0 Å². The van der Waals surface area contributed by atoms with Crippen LogP contribution in [0.3, 0.4) is 0 Å². The maximum Gasteiger partial charge on any atom is 0.227 e. The summed E-state index contributed by atoms with van der Waals surface area (Å²) in [6, 6.07) is 9.34. The number of pyridine rings is 1. The summed E-state index contributed by atoms with van der Waals surface area (Å²) in [6.45, 7) is 2.09. The Morgan fingerprint density at radius 1 is 1.19 bits per heavy atom. The highest BCUT2D eigenvalue weighted by molar-refractivity contribution is 5.79. The van der Waals surface area contributed by atoms with E-state index in [2.05, 4.69) is 20.4 Å². The summed E-state index contributed by atoms with van der Waals surface area (Å²) in [5.41, 5.74) is 1.74. The molecule has 0 spiro atoms. The normalized spacial score (nSPS) is 16.2. The Balaban J connectivity index is 1.36. The molecule has 2 aromatic heterocycles. The van der Waals surface area contributed by atoms with Crippen molar-refractivity contribution < 1.29 is 14.3 Å². The molecule has 3 aromatic rings. The lowest BCUT2D eigenvalue weighted by Gasteiger charge is -2.32. The molecule has 0 bridgehead atoms. The van der Waals surface area contributed by atoms with Crippen LogP contribution in [0.15, 0.2) is 42.7 Å². The molecule has 1 atom stereocenters. The van der Waals surface area contributed by atoms with Crippen LogP contribution in [0.5, 0.6) is 11.5 Å². The first kappa shape index (κ1) is 20.8. The lowest BCUT2D eigenvalue weighted by Crippen LogP contribution is -2.42. The van der Waals surface area contributed by atoms with Gasteiger partial charge in [0.15, 0.2) is 11.5 Å². The van der Waals surface area contributed by atoms with Gasteiger partial charge >= 0.3 is 0 Å². The predicted molar refractivity (Wildman–Crippen MR) is 114 cm³/mol. The van der Waals surface area contributed by atoms with Gasteiger partial charge in [-0.2, -0.15) is 4.80 Å². The molecule has 9 nitrogen and oxygen atoms in total. The zero-order chi connectivity index (χ0) is 21.6. The number of methoxy groups -OCH3 is 2. The van der Waals surface area contributed by atoms with Crippen LogP contribution in [0.4, 0.5) is 0 Å². The number of nitrogens with zero attached hydrogens (tertiary/aromatic N) is 6. The van der Waals surface area contributed by atoms with Crippen molar-refractivity contribution >= 4 is 5.91 Å². The molecule has 0 aliphatic carbocycles. The molecule has 1 aliphatic heterocycles. The van der Waals surface area contributed by atoms with Crippen molar-refractivity contribution in [2.75, 3.05) is 27.3 Å². The Hall–Kier alpha value is -3.49. The second kappa shape index (κ2) is 9.55. The number of rotatable bonds is 7. The molecule has 1 aliphatic rings. The SMILES string of the molecule is COc1ccc(CC(=O)N2CCC[C@H](Cn3nnc(-c4cccnc4)n3)C2)cc1OC. The van der Waals surface area contributed by atoms with Gasteiger partial charge in [-0.3, -0.25) is 9.78 Å². The Morgan fingerprint density at radius 3 is 2.84 bits per heavy atom. The second-order valence-electron chi connectivity index (χ2n) is 7.62. The molecule has 0 N–H and O–H groups in total. The Bertz CT molecular complexity index is 1020. The summed E-state index contributed by atoms with van der Waals surface area (Å²) in [6.07, 6.45) is 5.76. The summed E-state index contributed by atoms with van der Waals surface area (Å²) in [7, 11) is 3.19. The molecule has 1 fully saturated rings. The third-order valence-corrected chi connectivity index (χ3v) is 5.47. The number of carbonyl (C=O) groups excluding carboxylic acids is 1.